The molecule has 2 aliphatic rings. The number of aliphatic hydroxyl groups is 2. The van der Waals surface area contributed by atoms with E-state index in [2.05, 4.69) is 0 Å². The van der Waals surface area contributed by atoms with Crippen molar-refractivity contribution in [3.63, 3.8) is 0 Å². The molecule has 0 aromatic heterocycles. The van der Waals surface area contributed by atoms with Crippen LogP contribution in [0.15, 0.2) is 0 Å². The molecule has 0 aromatic rings. The van der Waals surface area contributed by atoms with E-state index < -0.39 is 30.1 Å². The van der Waals surface area contributed by atoms with Gasteiger partial charge in [0.1, 0.15) is 6.61 Å². The van der Waals surface area contributed by atoms with E-state index in [1.807, 2.05) is 0 Å². The van der Waals surface area contributed by atoms with Gasteiger partial charge in [-0.05, 0) is 32.1 Å². The molecule has 2 saturated carbocycles. The van der Waals surface area contributed by atoms with E-state index in [4.69, 9.17) is 4.74 Å². The lowest BCUT2D eigenvalue weighted by Crippen LogP contribution is -2.39. The molecule has 0 aliphatic heterocycles. The van der Waals surface area contributed by atoms with Gasteiger partial charge in [0, 0.05) is 11.3 Å². The molecule has 2 aliphatic carbocycles. The highest BCUT2D eigenvalue weighted by Gasteiger charge is 2.37. The topological polar surface area (TPSA) is 110 Å². The summed E-state index contributed by atoms with van der Waals surface area (Å²) in [5.74, 6) is -1.04. The highest BCUT2D eigenvalue weighted by atomic mass is 16.6. The van der Waals surface area contributed by atoms with Gasteiger partial charge in [-0.25, -0.2) is 0 Å². The number of nitro groups is 1. The lowest BCUT2D eigenvalue weighted by atomic mass is 9.84. The Kier molecular flexibility index (Phi) is 5.52. The van der Waals surface area contributed by atoms with Crippen LogP contribution in [0.3, 0.4) is 0 Å². The summed E-state index contributed by atoms with van der Waals surface area (Å²) < 4.78 is 5.25. The van der Waals surface area contributed by atoms with Crippen molar-refractivity contribution in [1.29, 1.82) is 0 Å². The molecule has 7 nitrogen and oxygen atoms in total. The highest BCUT2D eigenvalue weighted by molar-refractivity contribution is 5.72. The molecule has 0 spiro atoms. The van der Waals surface area contributed by atoms with Crippen LogP contribution >= 0.6 is 0 Å². The summed E-state index contributed by atoms with van der Waals surface area (Å²) in [5.41, 5.74) is 0. The van der Waals surface area contributed by atoms with Crippen LogP contribution in [0, 0.1) is 22.0 Å². The third kappa shape index (κ3) is 4.14. The molecule has 0 aromatic carbocycles. The SMILES string of the molecule is O=C(OCC1CCCCC1[N+](=O)[O-])C1CCC(O)C(O)C1. The number of rotatable bonds is 4. The number of carbonyl (C=O) groups excluding carboxylic acids is 1. The fourth-order valence-corrected chi connectivity index (χ4v) is 3.31. The predicted molar refractivity (Wildman–Crippen MR) is 73.1 cm³/mol. The van der Waals surface area contributed by atoms with Crippen molar-refractivity contribution in [2.45, 2.75) is 63.2 Å². The standard InChI is InChI=1S/C14H23NO6/c16-12-6-5-9(7-13(12)17)14(18)21-8-10-3-1-2-4-11(10)15(19)20/h9-13,16-17H,1-8H2. The number of aliphatic hydroxyl groups excluding tert-OH is 2. The second-order valence-electron chi connectivity index (χ2n) is 6.17. The molecule has 0 radical (unpaired) electrons. The van der Waals surface area contributed by atoms with Crippen LogP contribution in [0.1, 0.15) is 44.9 Å². The normalized spacial score (nSPS) is 37.0. The Bertz CT molecular complexity index is 388. The molecule has 2 rings (SSSR count). The van der Waals surface area contributed by atoms with Gasteiger partial charge in [0.2, 0.25) is 6.04 Å². The number of ether oxygens (including phenoxy) is 1. The van der Waals surface area contributed by atoms with Crippen molar-refractivity contribution in [3.8, 4) is 0 Å². The molecular weight excluding hydrogens is 278 g/mol. The Labute approximate surface area is 123 Å². The molecule has 0 amide bonds. The monoisotopic (exact) mass is 301 g/mol. The summed E-state index contributed by atoms with van der Waals surface area (Å²) in [5, 5.41) is 30.0. The number of nitrogens with zero attached hydrogens (tertiary/aromatic N) is 1. The molecule has 0 saturated heterocycles. The number of esters is 1. The van der Waals surface area contributed by atoms with Gasteiger partial charge >= 0.3 is 5.97 Å². The Morgan fingerprint density at radius 2 is 1.86 bits per heavy atom. The smallest absolute Gasteiger partial charge is 0.309 e. The summed E-state index contributed by atoms with van der Waals surface area (Å²) in [6.45, 7) is 0.0830. The largest absolute Gasteiger partial charge is 0.465 e. The van der Waals surface area contributed by atoms with E-state index >= 15 is 0 Å². The lowest BCUT2D eigenvalue weighted by molar-refractivity contribution is -0.536. The molecule has 120 valence electrons. The maximum atomic E-state index is 12.0. The van der Waals surface area contributed by atoms with Crippen LogP contribution in [0.5, 0.6) is 0 Å². The number of hydrogen-bond donors (Lipinski definition) is 2. The van der Waals surface area contributed by atoms with Gasteiger partial charge in [0.15, 0.2) is 0 Å². The van der Waals surface area contributed by atoms with Gasteiger partial charge in [-0.3, -0.25) is 14.9 Å². The van der Waals surface area contributed by atoms with Gasteiger partial charge in [0.25, 0.3) is 0 Å². The van der Waals surface area contributed by atoms with Crippen LogP contribution < -0.4 is 0 Å². The average Bonchev–Trinajstić information content (AvgIpc) is 2.47. The first kappa shape index (κ1) is 16.2. The van der Waals surface area contributed by atoms with E-state index in [0.717, 1.165) is 12.8 Å². The van der Waals surface area contributed by atoms with Crippen LogP contribution in [-0.4, -0.2) is 46.0 Å². The zero-order valence-corrected chi connectivity index (χ0v) is 12.0. The first-order valence-corrected chi connectivity index (χ1v) is 7.65. The maximum absolute atomic E-state index is 12.0. The van der Waals surface area contributed by atoms with E-state index in [1.165, 1.54) is 0 Å². The fourth-order valence-electron chi connectivity index (χ4n) is 3.31. The van der Waals surface area contributed by atoms with Crippen LogP contribution in [-0.2, 0) is 9.53 Å². The van der Waals surface area contributed by atoms with E-state index in [1.54, 1.807) is 0 Å². The van der Waals surface area contributed by atoms with Gasteiger partial charge in [-0.1, -0.05) is 6.42 Å². The van der Waals surface area contributed by atoms with Crippen molar-refractivity contribution < 1.29 is 24.7 Å². The molecule has 21 heavy (non-hydrogen) atoms. The first-order chi connectivity index (χ1) is 9.99. The first-order valence-electron chi connectivity index (χ1n) is 7.65. The summed E-state index contributed by atoms with van der Waals surface area (Å²) in [4.78, 5) is 22.7. The second kappa shape index (κ2) is 7.17. The minimum Gasteiger partial charge on any atom is -0.465 e. The van der Waals surface area contributed by atoms with Gasteiger partial charge in [-0.15, -0.1) is 0 Å². The second-order valence-corrected chi connectivity index (χ2v) is 6.17. The third-order valence-electron chi connectivity index (χ3n) is 4.69. The Morgan fingerprint density at radius 3 is 2.52 bits per heavy atom. The van der Waals surface area contributed by atoms with Gasteiger partial charge in [0.05, 0.1) is 24.0 Å². The maximum Gasteiger partial charge on any atom is 0.309 e. The molecule has 0 bridgehead atoms. The minimum atomic E-state index is -0.891. The van der Waals surface area contributed by atoms with Gasteiger partial charge < -0.3 is 14.9 Å². The van der Waals surface area contributed by atoms with Crippen molar-refractivity contribution in [2.75, 3.05) is 6.61 Å². The Balaban J connectivity index is 1.81. The quantitative estimate of drug-likeness (QED) is 0.453. The van der Waals surface area contributed by atoms with E-state index in [0.29, 0.717) is 25.7 Å². The van der Waals surface area contributed by atoms with Crippen molar-refractivity contribution in [2.24, 2.45) is 11.8 Å². The zero-order valence-electron chi connectivity index (χ0n) is 12.0. The van der Waals surface area contributed by atoms with Crippen molar-refractivity contribution >= 4 is 5.97 Å². The third-order valence-corrected chi connectivity index (χ3v) is 4.69. The van der Waals surface area contributed by atoms with Crippen LogP contribution in [0.2, 0.25) is 0 Å². The summed E-state index contributed by atoms with van der Waals surface area (Å²) >= 11 is 0. The minimum absolute atomic E-state index is 0.0830. The highest BCUT2D eigenvalue weighted by Crippen LogP contribution is 2.29. The zero-order chi connectivity index (χ0) is 15.4. The molecule has 2 fully saturated rings. The average molecular weight is 301 g/mol. The number of hydrogen-bond acceptors (Lipinski definition) is 6. The lowest BCUT2D eigenvalue weighted by Gasteiger charge is -2.30. The van der Waals surface area contributed by atoms with E-state index in [-0.39, 0.29) is 23.9 Å². The molecular formula is C14H23NO6. The molecule has 2 N–H and O–H groups in total. The summed E-state index contributed by atoms with van der Waals surface area (Å²) in [6, 6.07) is -0.620. The fraction of sp³-hybridized carbons (Fsp3) is 0.929. The van der Waals surface area contributed by atoms with Gasteiger partial charge in [-0.2, -0.15) is 0 Å². The van der Waals surface area contributed by atoms with Crippen LogP contribution in [0.4, 0.5) is 0 Å². The number of carbonyl (C=O) groups is 1. The van der Waals surface area contributed by atoms with Crippen LogP contribution in [0.25, 0.3) is 0 Å². The predicted octanol–water partition coefficient (Wildman–Crippen LogP) is 0.887. The molecule has 0 heterocycles. The summed E-state index contributed by atoms with van der Waals surface area (Å²) in [6.07, 6.45) is 2.44. The Morgan fingerprint density at radius 1 is 1.14 bits per heavy atom. The Hall–Kier alpha value is -1.21. The molecule has 7 heteroatoms. The molecule has 5 atom stereocenters. The van der Waals surface area contributed by atoms with Crippen molar-refractivity contribution in [3.05, 3.63) is 10.1 Å². The van der Waals surface area contributed by atoms with Crippen molar-refractivity contribution in [1.82, 2.24) is 0 Å². The summed E-state index contributed by atoms with van der Waals surface area (Å²) in [7, 11) is 0. The van der Waals surface area contributed by atoms with E-state index in [9.17, 15) is 25.1 Å². The molecule has 5 unspecified atom stereocenters.